The number of hydrogen-bond donors (Lipinski definition) is 0. The third-order valence-corrected chi connectivity index (χ3v) is 5.60. The first-order chi connectivity index (χ1) is 10.6. The molecular weight excluding hydrogens is 300 g/mol. The number of ether oxygens (including phenoxy) is 1. The first-order valence-corrected chi connectivity index (χ1v) is 8.57. The average molecular weight is 322 g/mol. The SMILES string of the molecule is CN(C)C(=O)c1cc2c(s1)CC[C@@H](C(=O)N1CCOCC1)C2. The van der Waals surface area contributed by atoms with Crippen molar-refractivity contribution in [2.75, 3.05) is 40.4 Å². The fourth-order valence-electron chi connectivity index (χ4n) is 3.10. The van der Waals surface area contributed by atoms with E-state index in [4.69, 9.17) is 4.74 Å². The van der Waals surface area contributed by atoms with Crippen LogP contribution in [-0.4, -0.2) is 62.0 Å². The zero-order valence-electron chi connectivity index (χ0n) is 13.1. The fraction of sp³-hybridized carbons (Fsp3) is 0.625. The van der Waals surface area contributed by atoms with Crippen molar-refractivity contribution in [2.45, 2.75) is 19.3 Å². The summed E-state index contributed by atoms with van der Waals surface area (Å²) in [7, 11) is 3.54. The molecule has 22 heavy (non-hydrogen) atoms. The van der Waals surface area contributed by atoms with E-state index < -0.39 is 0 Å². The highest BCUT2D eigenvalue weighted by atomic mass is 32.1. The Hall–Kier alpha value is -1.40. The van der Waals surface area contributed by atoms with Crippen molar-refractivity contribution in [3.05, 3.63) is 21.4 Å². The zero-order valence-corrected chi connectivity index (χ0v) is 13.9. The molecule has 1 aromatic rings. The predicted octanol–water partition coefficient (Wildman–Crippen LogP) is 1.41. The van der Waals surface area contributed by atoms with Crippen LogP contribution in [0.5, 0.6) is 0 Å². The van der Waals surface area contributed by atoms with Crippen LogP contribution in [0, 0.1) is 5.92 Å². The van der Waals surface area contributed by atoms with Gasteiger partial charge in [0.05, 0.1) is 18.1 Å². The number of rotatable bonds is 2. The molecule has 1 aliphatic carbocycles. The molecule has 2 amide bonds. The maximum absolute atomic E-state index is 12.6. The van der Waals surface area contributed by atoms with Crippen LogP contribution in [0.15, 0.2) is 6.07 Å². The molecule has 1 aromatic heterocycles. The number of nitrogens with zero attached hydrogens (tertiary/aromatic N) is 2. The van der Waals surface area contributed by atoms with Crippen LogP contribution in [0.1, 0.15) is 26.5 Å². The Morgan fingerprint density at radius 2 is 2.05 bits per heavy atom. The predicted molar refractivity (Wildman–Crippen MR) is 85.3 cm³/mol. The largest absolute Gasteiger partial charge is 0.378 e. The zero-order chi connectivity index (χ0) is 15.7. The molecule has 3 rings (SSSR count). The van der Waals surface area contributed by atoms with Crippen LogP contribution < -0.4 is 0 Å². The van der Waals surface area contributed by atoms with E-state index in [0.29, 0.717) is 26.3 Å². The quantitative estimate of drug-likeness (QED) is 0.827. The van der Waals surface area contributed by atoms with Crippen LogP contribution in [0.4, 0.5) is 0 Å². The summed E-state index contributed by atoms with van der Waals surface area (Å²) in [5.41, 5.74) is 1.19. The lowest BCUT2D eigenvalue weighted by molar-refractivity contribution is -0.140. The van der Waals surface area contributed by atoms with E-state index in [1.165, 1.54) is 10.4 Å². The van der Waals surface area contributed by atoms with E-state index in [9.17, 15) is 9.59 Å². The molecule has 5 nitrogen and oxygen atoms in total. The Labute approximate surface area is 134 Å². The minimum atomic E-state index is 0.0513. The van der Waals surface area contributed by atoms with E-state index in [-0.39, 0.29) is 17.7 Å². The second-order valence-electron chi connectivity index (χ2n) is 6.14. The molecule has 0 saturated carbocycles. The van der Waals surface area contributed by atoms with Gasteiger partial charge in [-0.2, -0.15) is 0 Å². The van der Waals surface area contributed by atoms with Crippen molar-refractivity contribution in [1.29, 1.82) is 0 Å². The molecule has 0 spiro atoms. The maximum Gasteiger partial charge on any atom is 0.263 e. The van der Waals surface area contributed by atoms with Gasteiger partial charge in [-0.3, -0.25) is 9.59 Å². The van der Waals surface area contributed by atoms with Gasteiger partial charge < -0.3 is 14.5 Å². The minimum Gasteiger partial charge on any atom is -0.378 e. The smallest absolute Gasteiger partial charge is 0.263 e. The number of aryl methyl sites for hydroxylation is 1. The van der Waals surface area contributed by atoms with Crippen molar-refractivity contribution in [1.82, 2.24) is 9.80 Å². The molecule has 2 heterocycles. The topological polar surface area (TPSA) is 49.9 Å². The number of fused-ring (bicyclic) bond motifs is 1. The van der Waals surface area contributed by atoms with Crippen LogP contribution in [-0.2, 0) is 22.4 Å². The second kappa shape index (κ2) is 6.38. The Kier molecular flexibility index (Phi) is 4.49. The first kappa shape index (κ1) is 15.5. The van der Waals surface area contributed by atoms with Gasteiger partial charge in [-0.25, -0.2) is 0 Å². The van der Waals surface area contributed by atoms with Crippen molar-refractivity contribution in [3.63, 3.8) is 0 Å². The lowest BCUT2D eigenvalue weighted by Gasteiger charge is -2.31. The van der Waals surface area contributed by atoms with Crippen LogP contribution in [0.3, 0.4) is 0 Å². The van der Waals surface area contributed by atoms with Gasteiger partial charge in [0.2, 0.25) is 5.91 Å². The molecule has 1 saturated heterocycles. The Balaban J connectivity index is 1.70. The van der Waals surface area contributed by atoms with Gasteiger partial charge in [0, 0.05) is 38.0 Å². The number of thiophene rings is 1. The minimum absolute atomic E-state index is 0.0513. The highest BCUT2D eigenvalue weighted by Crippen LogP contribution is 2.33. The number of carbonyl (C=O) groups is 2. The van der Waals surface area contributed by atoms with Crippen LogP contribution in [0.25, 0.3) is 0 Å². The molecule has 0 aromatic carbocycles. The Morgan fingerprint density at radius 3 is 2.73 bits per heavy atom. The standard InChI is InChI=1S/C16H22N2O3S/c1-17(2)16(20)14-10-12-9-11(3-4-13(12)22-14)15(19)18-5-7-21-8-6-18/h10-11H,3-9H2,1-2H3/t11-/m1/s1. The number of amides is 2. The maximum atomic E-state index is 12.6. The molecule has 0 bridgehead atoms. The van der Waals surface area contributed by atoms with Gasteiger partial charge in [0.25, 0.3) is 5.91 Å². The summed E-state index contributed by atoms with van der Waals surface area (Å²) >= 11 is 1.58. The van der Waals surface area contributed by atoms with Crippen LogP contribution >= 0.6 is 11.3 Å². The number of hydrogen-bond acceptors (Lipinski definition) is 4. The molecule has 1 fully saturated rings. The monoisotopic (exact) mass is 322 g/mol. The summed E-state index contributed by atoms with van der Waals surface area (Å²) in [6, 6.07) is 1.99. The lowest BCUT2D eigenvalue weighted by atomic mass is 9.87. The van der Waals surface area contributed by atoms with Gasteiger partial charge >= 0.3 is 0 Å². The second-order valence-corrected chi connectivity index (χ2v) is 7.27. The van der Waals surface area contributed by atoms with E-state index in [1.807, 2.05) is 11.0 Å². The Morgan fingerprint density at radius 1 is 1.32 bits per heavy atom. The molecule has 0 unspecified atom stereocenters. The van der Waals surface area contributed by atoms with Gasteiger partial charge in [0.15, 0.2) is 0 Å². The molecule has 120 valence electrons. The highest BCUT2D eigenvalue weighted by Gasteiger charge is 2.31. The average Bonchev–Trinajstić information content (AvgIpc) is 2.97. The van der Waals surface area contributed by atoms with Crippen molar-refractivity contribution in [3.8, 4) is 0 Å². The van der Waals surface area contributed by atoms with Gasteiger partial charge in [-0.15, -0.1) is 11.3 Å². The Bertz CT molecular complexity index is 576. The van der Waals surface area contributed by atoms with Crippen molar-refractivity contribution < 1.29 is 14.3 Å². The summed E-state index contributed by atoms with van der Waals surface area (Å²) in [6.45, 7) is 2.69. The molecule has 1 atom stereocenters. The summed E-state index contributed by atoms with van der Waals surface area (Å²) in [4.78, 5) is 30.3. The molecule has 2 aliphatic rings. The highest BCUT2D eigenvalue weighted by molar-refractivity contribution is 7.14. The molecule has 0 radical (unpaired) electrons. The summed E-state index contributed by atoms with van der Waals surface area (Å²) < 4.78 is 5.31. The summed E-state index contributed by atoms with van der Waals surface area (Å²) in [5.74, 6) is 0.360. The molecular formula is C16H22N2O3S. The van der Waals surface area contributed by atoms with E-state index in [0.717, 1.165) is 24.1 Å². The van der Waals surface area contributed by atoms with E-state index in [2.05, 4.69) is 0 Å². The van der Waals surface area contributed by atoms with Gasteiger partial charge in [-0.05, 0) is 30.9 Å². The van der Waals surface area contributed by atoms with Crippen LogP contribution in [0.2, 0.25) is 0 Å². The van der Waals surface area contributed by atoms with Gasteiger partial charge in [-0.1, -0.05) is 0 Å². The first-order valence-electron chi connectivity index (χ1n) is 7.76. The fourth-order valence-corrected chi connectivity index (χ4v) is 4.33. The molecule has 1 aliphatic heterocycles. The van der Waals surface area contributed by atoms with Crippen molar-refractivity contribution >= 4 is 23.2 Å². The number of morpholine rings is 1. The third-order valence-electron chi connectivity index (χ3n) is 4.37. The molecule has 0 N–H and O–H groups in total. The van der Waals surface area contributed by atoms with Crippen molar-refractivity contribution in [2.24, 2.45) is 5.92 Å². The summed E-state index contributed by atoms with van der Waals surface area (Å²) in [6.07, 6.45) is 2.56. The van der Waals surface area contributed by atoms with E-state index >= 15 is 0 Å². The normalized spacial score (nSPS) is 21.4. The lowest BCUT2D eigenvalue weighted by Crippen LogP contribution is -2.44. The van der Waals surface area contributed by atoms with Gasteiger partial charge in [0.1, 0.15) is 0 Å². The van der Waals surface area contributed by atoms with E-state index in [1.54, 1.807) is 30.3 Å². The third kappa shape index (κ3) is 3.03. The molecule has 6 heteroatoms. The summed E-state index contributed by atoms with van der Waals surface area (Å²) in [5, 5.41) is 0. The number of carbonyl (C=O) groups excluding carboxylic acids is 2.